The average molecular weight is 271 g/mol. The highest BCUT2D eigenvalue weighted by molar-refractivity contribution is 6.04. The summed E-state index contributed by atoms with van der Waals surface area (Å²) < 4.78 is 0. The van der Waals surface area contributed by atoms with E-state index in [0.29, 0.717) is 24.2 Å². The number of nitrogens with zero attached hydrogens (tertiary/aromatic N) is 3. The first kappa shape index (κ1) is 13.0. The summed E-state index contributed by atoms with van der Waals surface area (Å²) in [6.45, 7) is 2.64. The monoisotopic (exact) mass is 271 g/mol. The summed E-state index contributed by atoms with van der Waals surface area (Å²) in [5, 5.41) is 3.26. The zero-order valence-corrected chi connectivity index (χ0v) is 11.1. The molecule has 1 aliphatic heterocycles. The number of aromatic nitrogens is 2. The van der Waals surface area contributed by atoms with Gasteiger partial charge >= 0.3 is 0 Å². The van der Waals surface area contributed by atoms with Crippen LogP contribution in [0, 0.1) is 0 Å². The van der Waals surface area contributed by atoms with Crippen LogP contribution in [0.4, 0.5) is 0 Å². The first-order chi connectivity index (χ1) is 9.81. The molecule has 3 rings (SSSR count). The molecule has 0 saturated carbocycles. The van der Waals surface area contributed by atoms with E-state index in [1.165, 1.54) is 0 Å². The first-order valence-corrected chi connectivity index (χ1v) is 6.72. The lowest BCUT2D eigenvalue weighted by atomic mass is 10.1. The molecule has 1 unspecified atom stereocenters. The van der Waals surface area contributed by atoms with Crippen LogP contribution < -0.4 is 11.1 Å². The van der Waals surface area contributed by atoms with E-state index in [1.54, 1.807) is 18.5 Å². The minimum absolute atomic E-state index is 0.0203. The van der Waals surface area contributed by atoms with Crippen LogP contribution >= 0.6 is 0 Å². The van der Waals surface area contributed by atoms with Crippen LogP contribution in [0.3, 0.4) is 0 Å². The number of piperazine rings is 1. The lowest BCUT2D eigenvalue weighted by molar-refractivity contribution is 0.0646. The molecule has 6 heteroatoms. The van der Waals surface area contributed by atoms with Crippen molar-refractivity contribution in [1.29, 1.82) is 0 Å². The molecule has 1 fully saturated rings. The molecule has 1 amide bonds. The van der Waals surface area contributed by atoms with Crippen molar-refractivity contribution >= 4 is 16.9 Å². The number of amides is 1. The Morgan fingerprint density at radius 2 is 2.25 bits per heavy atom. The van der Waals surface area contributed by atoms with Gasteiger partial charge in [0, 0.05) is 38.6 Å². The molecule has 1 aromatic heterocycles. The predicted octanol–water partition coefficient (Wildman–Crippen LogP) is 0.00250. The molecule has 2 heterocycles. The van der Waals surface area contributed by atoms with Gasteiger partial charge in [-0.3, -0.25) is 14.8 Å². The summed E-state index contributed by atoms with van der Waals surface area (Å²) in [6, 6.07) is 5.53. The van der Waals surface area contributed by atoms with E-state index >= 15 is 0 Å². The molecule has 0 aliphatic carbocycles. The van der Waals surface area contributed by atoms with Gasteiger partial charge in [-0.15, -0.1) is 0 Å². The number of benzene rings is 1. The summed E-state index contributed by atoms with van der Waals surface area (Å²) in [5.41, 5.74) is 7.74. The molecule has 1 atom stereocenters. The minimum atomic E-state index is -0.0203. The van der Waals surface area contributed by atoms with Gasteiger partial charge < -0.3 is 16.0 Å². The van der Waals surface area contributed by atoms with Gasteiger partial charge in [-0.1, -0.05) is 6.07 Å². The second kappa shape index (κ2) is 5.52. The van der Waals surface area contributed by atoms with Crippen LogP contribution in [0.5, 0.6) is 0 Å². The Hall–Kier alpha value is -2.05. The van der Waals surface area contributed by atoms with Crippen LogP contribution in [0.25, 0.3) is 11.0 Å². The van der Waals surface area contributed by atoms with Gasteiger partial charge in [0.2, 0.25) is 0 Å². The molecule has 1 aliphatic rings. The fraction of sp³-hybridized carbons (Fsp3) is 0.357. The Morgan fingerprint density at radius 3 is 3.10 bits per heavy atom. The van der Waals surface area contributed by atoms with E-state index in [9.17, 15) is 4.79 Å². The third-order valence-electron chi connectivity index (χ3n) is 3.61. The highest BCUT2D eigenvalue weighted by Gasteiger charge is 2.27. The van der Waals surface area contributed by atoms with E-state index in [1.807, 2.05) is 17.0 Å². The Balaban J connectivity index is 1.99. The van der Waals surface area contributed by atoms with Gasteiger partial charge in [0.25, 0.3) is 5.91 Å². The summed E-state index contributed by atoms with van der Waals surface area (Å²) in [4.78, 5) is 23.1. The van der Waals surface area contributed by atoms with Crippen LogP contribution in [-0.2, 0) is 0 Å². The van der Waals surface area contributed by atoms with Gasteiger partial charge in [0.1, 0.15) is 5.52 Å². The molecule has 0 bridgehead atoms. The summed E-state index contributed by atoms with van der Waals surface area (Å²) in [7, 11) is 0. The fourth-order valence-electron chi connectivity index (χ4n) is 2.56. The molecule has 6 nitrogen and oxygen atoms in total. The van der Waals surface area contributed by atoms with Gasteiger partial charge in [0.15, 0.2) is 0 Å². The van der Waals surface area contributed by atoms with E-state index in [4.69, 9.17) is 5.73 Å². The number of rotatable bonds is 2. The Kier molecular flexibility index (Phi) is 3.58. The Morgan fingerprint density at radius 1 is 1.40 bits per heavy atom. The number of carbonyl (C=O) groups is 1. The van der Waals surface area contributed by atoms with E-state index < -0.39 is 0 Å². The lowest BCUT2D eigenvalue weighted by Gasteiger charge is -2.35. The van der Waals surface area contributed by atoms with Gasteiger partial charge in [-0.2, -0.15) is 0 Å². The summed E-state index contributed by atoms with van der Waals surface area (Å²) >= 11 is 0. The maximum atomic E-state index is 12.8. The predicted molar refractivity (Wildman–Crippen MR) is 76.3 cm³/mol. The standard InChI is InChI=1S/C14H17N5O/c15-8-10-9-16-6-7-19(10)14(20)11-2-1-3-12-13(11)18-5-4-17-12/h1-5,10,16H,6-9,15H2. The van der Waals surface area contributed by atoms with Crippen LogP contribution in [-0.4, -0.2) is 53.0 Å². The molecular weight excluding hydrogens is 254 g/mol. The zero-order valence-electron chi connectivity index (χ0n) is 11.1. The quantitative estimate of drug-likeness (QED) is 0.803. The molecular formula is C14H17N5O. The van der Waals surface area contributed by atoms with Crippen molar-refractivity contribution in [2.45, 2.75) is 6.04 Å². The maximum absolute atomic E-state index is 12.8. The van der Waals surface area contributed by atoms with E-state index in [2.05, 4.69) is 15.3 Å². The third kappa shape index (κ3) is 2.23. The molecule has 104 valence electrons. The third-order valence-corrected chi connectivity index (χ3v) is 3.61. The van der Waals surface area contributed by atoms with Crippen molar-refractivity contribution in [3.8, 4) is 0 Å². The fourth-order valence-corrected chi connectivity index (χ4v) is 2.56. The number of nitrogens with one attached hydrogen (secondary N) is 1. The largest absolute Gasteiger partial charge is 0.332 e. The molecule has 20 heavy (non-hydrogen) atoms. The lowest BCUT2D eigenvalue weighted by Crippen LogP contribution is -2.56. The SMILES string of the molecule is NCC1CNCCN1C(=O)c1cccc2nccnc12. The summed E-state index contributed by atoms with van der Waals surface area (Å²) in [5.74, 6) is -0.0203. The van der Waals surface area contributed by atoms with Crippen molar-refractivity contribution in [2.24, 2.45) is 5.73 Å². The van der Waals surface area contributed by atoms with Crippen LogP contribution in [0.15, 0.2) is 30.6 Å². The average Bonchev–Trinajstić information content (AvgIpc) is 2.53. The zero-order chi connectivity index (χ0) is 13.9. The van der Waals surface area contributed by atoms with Crippen LogP contribution in [0.2, 0.25) is 0 Å². The molecule has 3 N–H and O–H groups in total. The van der Waals surface area contributed by atoms with Gasteiger partial charge in [0.05, 0.1) is 17.1 Å². The molecule has 2 aromatic rings. The van der Waals surface area contributed by atoms with E-state index in [-0.39, 0.29) is 11.9 Å². The van der Waals surface area contributed by atoms with Crippen molar-refractivity contribution in [3.63, 3.8) is 0 Å². The Labute approximate surface area is 117 Å². The number of para-hydroxylation sites is 1. The first-order valence-electron chi connectivity index (χ1n) is 6.72. The topological polar surface area (TPSA) is 84.1 Å². The highest BCUT2D eigenvalue weighted by Crippen LogP contribution is 2.17. The second-order valence-electron chi connectivity index (χ2n) is 4.82. The number of hydrogen-bond donors (Lipinski definition) is 2. The molecule has 1 saturated heterocycles. The molecule has 0 spiro atoms. The maximum Gasteiger partial charge on any atom is 0.256 e. The van der Waals surface area contributed by atoms with Gasteiger partial charge in [-0.25, -0.2) is 0 Å². The van der Waals surface area contributed by atoms with Crippen molar-refractivity contribution in [3.05, 3.63) is 36.2 Å². The van der Waals surface area contributed by atoms with Crippen molar-refractivity contribution < 1.29 is 4.79 Å². The second-order valence-corrected chi connectivity index (χ2v) is 4.82. The Bertz CT molecular complexity index is 624. The number of nitrogens with two attached hydrogens (primary N) is 1. The van der Waals surface area contributed by atoms with Crippen molar-refractivity contribution in [2.75, 3.05) is 26.2 Å². The van der Waals surface area contributed by atoms with Crippen molar-refractivity contribution in [1.82, 2.24) is 20.2 Å². The highest BCUT2D eigenvalue weighted by atomic mass is 16.2. The number of fused-ring (bicyclic) bond motifs is 1. The summed E-state index contributed by atoms with van der Waals surface area (Å²) in [6.07, 6.45) is 3.24. The molecule has 0 radical (unpaired) electrons. The number of carbonyl (C=O) groups excluding carboxylic acids is 1. The minimum Gasteiger partial charge on any atom is -0.332 e. The number of hydrogen-bond acceptors (Lipinski definition) is 5. The van der Waals surface area contributed by atoms with E-state index in [0.717, 1.165) is 18.6 Å². The van der Waals surface area contributed by atoms with Gasteiger partial charge in [-0.05, 0) is 12.1 Å². The normalized spacial score (nSPS) is 19.2. The molecule has 1 aromatic carbocycles. The van der Waals surface area contributed by atoms with Crippen LogP contribution in [0.1, 0.15) is 10.4 Å². The smallest absolute Gasteiger partial charge is 0.256 e.